The minimum atomic E-state index is -1.23. The van der Waals surface area contributed by atoms with Crippen LogP contribution < -0.4 is 4.72 Å². The summed E-state index contributed by atoms with van der Waals surface area (Å²) in [6, 6.07) is 9.02. The summed E-state index contributed by atoms with van der Waals surface area (Å²) in [5.74, 6) is 2.08. The number of unbranched alkanes of at least 4 members (excludes halogenated alkanes) is 1. The Morgan fingerprint density at radius 3 is 2.59 bits per heavy atom. The van der Waals surface area contributed by atoms with Crippen LogP contribution in [0.4, 0.5) is 0 Å². The highest BCUT2D eigenvalue weighted by Gasteiger charge is 2.50. The Hall–Kier alpha value is -1.78. The number of hydrogen-bond acceptors (Lipinski definition) is 4. The van der Waals surface area contributed by atoms with Gasteiger partial charge in [-0.3, -0.25) is 0 Å². The van der Waals surface area contributed by atoms with Crippen molar-refractivity contribution in [3.63, 3.8) is 0 Å². The molecule has 0 aromatic heterocycles. The molecule has 3 saturated carbocycles. The zero-order valence-corrected chi connectivity index (χ0v) is 23.3. The molecule has 37 heavy (non-hydrogen) atoms. The highest BCUT2D eigenvalue weighted by molar-refractivity contribution is 7.83. The summed E-state index contributed by atoms with van der Waals surface area (Å²) < 4.78 is 15.6. The molecule has 4 rings (SSSR count). The van der Waals surface area contributed by atoms with Crippen molar-refractivity contribution in [1.82, 2.24) is 4.72 Å². The van der Waals surface area contributed by atoms with Gasteiger partial charge in [0.15, 0.2) is 0 Å². The summed E-state index contributed by atoms with van der Waals surface area (Å²) in [5, 5.41) is 29.0. The number of rotatable bonds is 9. The van der Waals surface area contributed by atoms with Crippen molar-refractivity contribution in [3.05, 3.63) is 53.1 Å². The molecule has 7 atom stereocenters. The van der Waals surface area contributed by atoms with Gasteiger partial charge in [0.2, 0.25) is 0 Å². The van der Waals surface area contributed by atoms with Gasteiger partial charge in [0.25, 0.3) is 0 Å². The molecule has 3 aliphatic carbocycles. The number of fused-ring (bicyclic) bond motifs is 1. The molecule has 0 radical (unpaired) electrons. The standard InChI is InChI=1S/C31H44N2O3S/c1-22(6-3-4-17-33-37(36)28-12-9-23(21-32)10-13-28)29-14-15-30-25(7-5-16-31(29,30)2)11-8-24-18-26(34)20-27(35)19-24/h8-13,22,26-27,29-30,33-35H,3-7,14-20H2,1-2H3/b25-11+/t22-,26-,27-,29-,30+,31-,37?/m1/s1. The van der Waals surface area contributed by atoms with Gasteiger partial charge >= 0.3 is 0 Å². The molecular weight excluding hydrogens is 480 g/mol. The largest absolute Gasteiger partial charge is 0.393 e. The lowest BCUT2D eigenvalue weighted by molar-refractivity contribution is 0.0609. The van der Waals surface area contributed by atoms with E-state index in [9.17, 15) is 14.4 Å². The van der Waals surface area contributed by atoms with E-state index >= 15 is 0 Å². The summed E-state index contributed by atoms with van der Waals surface area (Å²) in [4.78, 5) is 0.713. The second kappa shape index (κ2) is 12.8. The van der Waals surface area contributed by atoms with Crippen LogP contribution in [0.25, 0.3) is 0 Å². The van der Waals surface area contributed by atoms with Crippen LogP contribution >= 0.6 is 0 Å². The van der Waals surface area contributed by atoms with Gasteiger partial charge in [0, 0.05) is 6.54 Å². The molecule has 3 fully saturated rings. The minimum absolute atomic E-state index is 0.364. The Labute approximate surface area is 225 Å². The number of allylic oxidation sites excluding steroid dienone is 3. The van der Waals surface area contributed by atoms with Gasteiger partial charge in [-0.05, 0) is 105 Å². The Balaban J connectivity index is 1.26. The maximum absolute atomic E-state index is 12.5. The third-order valence-corrected chi connectivity index (χ3v) is 10.5. The van der Waals surface area contributed by atoms with E-state index < -0.39 is 23.2 Å². The van der Waals surface area contributed by atoms with E-state index in [0.29, 0.717) is 47.0 Å². The zero-order valence-electron chi connectivity index (χ0n) is 22.5. The van der Waals surface area contributed by atoms with Gasteiger partial charge < -0.3 is 10.2 Å². The molecule has 0 spiro atoms. The molecule has 1 aromatic rings. The molecule has 3 N–H and O–H groups in total. The van der Waals surface area contributed by atoms with Crippen molar-refractivity contribution in [2.75, 3.05) is 6.54 Å². The fourth-order valence-electron chi connectivity index (χ4n) is 7.44. The van der Waals surface area contributed by atoms with Gasteiger partial charge in [-0.15, -0.1) is 0 Å². The number of nitriles is 1. The van der Waals surface area contributed by atoms with Gasteiger partial charge in [-0.25, -0.2) is 8.93 Å². The summed E-state index contributed by atoms with van der Waals surface area (Å²) in [7, 11) is -1.23. The maximum atomic E-state index is 12.5. The van der Waals surface area contributed by atoms with Crippen LogP contribution in [0.2, 0.25) is 0 Å². The zero-order chi connectivity index (χ0) is 26.4. The number of nitrogens with one attached hydrogen (secondary N) is 1. The van der Waals surface area contributed by atoms with Crippen molar-refractivity contribution in [1.29, 1.82) is 5.26 Å². The van der Waals surface area contributed by atoms with Crippen LogP contribution in [-0.2, 0) is 11.0 Å². The van der Waals surface area contributed by atoms with Crippen LogP contribution in [-0.4, -0.2) is 33.2 Å². The van der Waals surface area contributed by atoms with E-state index in [1.165, 1.54) is 44.1 Å². The first-order chi connectivity index (χ1) is 17.8. The summed E-state index contributed by atoms with van der Waals surface area (Å²) in [6.07, 6.45) is 15.3. The average Bonchev–Trinajstić information content (AvgIpc) is 3.24. The van der Waals surface area contributed by atoms with Crippen molar-refractivity contribution in [3.8, 4) is 6.07 Å². The Bertz CT molecular complexity index is 1030. The number of nitrogens with zero attached hydrogens (tertiary/aromatic N) is 1. The molecule has 0 bridgehead atoms. The quantitative estimate of drug-likeness (QED) is 0.348. The van der Waals surface area contributed by atoms with E-state index in [-0.39, 0.29) is 0 Å². The monoisotopic (exact) mass is 524 g/mol. The van der Waals surface area contributed by atoms with Gasteiger partial charge in [0.05, 0.1) is 28.7 Å². The van der Waals surface area contributed by atoms with Gasteiger partial charge in [-0.1, -0.05) is 50.0 Å². The van der Waals surface area contributed by atoms with Crippen LogP contribution in [0.1, 0.15) is 90.0 Å². The van der Waals surface area contributed by atoms with E-state index in [4.69, 9.17) is 5.26 Å². The molecule has 0 amide bonds. The lowest BCUT2D eigenvalue weighted by atomic mass is 9.60. The lowest BCUT2D eigenvalue weighted by Gasteiger charge is -2.44. The third-order valence-electron chi connectivity index (χ3n) is 9.31. The number of benzene rings is 1. The lowest BCUT2D eigenvalue weighted by Crippen LogP contribution is -2.36. The van der Waals surface area contributed by atoms with E-state index in [2.05, 4.69) is 36.8 Å². The molecule has 3 aliphatic rings. The van der Waals surface area contributed by atoms with E-state index in [1.807, 2.05) is 0 Å². The van der Waals surface area contributed by atoms with Crippen molar-refractivity contribution >= 4 is 11.0 Å². The van der Waals surface area contributed by atoms with E-state index in [0.717, 1.165) is 25.3 Å². The van der Waals surface area contributed by atoms with Crippen LogP contribution in [0.15, 0.2) is 52.5 Å². The third kappa shape index (κ3) is 7.00. The van der Waals surface area contributed by atoms with Gasteiger partial charge in [0.1, 0.15) is 11.0 Å². The Morgan fingerprint density at radius 2 is 1.89 bits per heavy atom. The highest BCUT2D eigenvalue weighted by Crippen LogP contribution is 2.59. The smallest absolute Gasteiger partial charge is 0.124 e. The fraction of sp³-hybridized carbons (Fsp3) is 0.645. The molecule has 1 aromatic carbocycles. The molecular formula is C31H44N2O3S. The molecule has 0 aliphatic heterocycles. The molecule has 1 unspecified atom stereocenters. The summed E-state index contributed by atoms with van der Waals surface area (Å²) in [5.41, 5.74) is 3.71. The second-order valence-electron chi connectivity index (χ2n) is 11.9. The van der Waals surface area contributed by atoms with E-state index in [1.54, 1.807) is 29.8 Å². The van der Waals surface area contributed by atoms with Gasteiger partial charge in [-0.2, -0.15) is 5.26 Å². The van der Waals surface area contributed by atoms with Crippen molar-refractivity contribution < 1.29 is 14.4 Å². The summed E-state index contributed by atoms with van der Waals surface area (Å²) >= 11 is 0. The molecule has 5 nitrogen and oxygen atoms in total. The topological polar surface area (TPSA) is 93.4 Å². The normalized spacial score (nSPS) is 32.5. The maximum Gasteiger partial charge on any atom is 0.124 e. The fourth-order valence-corrected chi connectivity index (χ4v) is 8.32. The second-order valence-corrected chi connectivity index (χ2v) is 13.2. The van der Waals surface area contributed by atoms with Crippen LogP contribution in [0.3, 0.4) is 0 Å². The number of hydrogen-bond donors (Lipinski definition) is 3. The first kappa shape index (κ1) is 28.2. The summed E-state index contributed by atoms with van der Waals surface area (Å²) in [6.45, 7) is 5.70. The first-order valence-corrected chi connectivity index (χ1v) is 15.3. The SMILES string of the molecule is C[C@H](CCCCNS(=O)c1ccc(C#N)cc1)[C@H]1CC[C@H]2/C(=C/C=C3C[C@@H](O)C[C@H](O)C3)CCC[C@]12C. The number of aliphatic hydroxyl groups is 2. The molecule has 6 heteroatoms. The van der Waals surface area contributed by atoms with Crippen molar-refractivity contribution in [2.24, 2.45) is 23.2 Å². The Kier molecular flexibility index (Phi) is 9.80. The molecule has 0 saturated heterocycles. The molecule has 202 valence electrons. The highest BCUT2D eigenvalue weighted by atomic mass is 32.2. The van der Waals surface area contributed by atoms with Crippen molar-refractivity contribution in [2.45, 2.75) is 102 Å². The molecule has 0 heterocycles. The van der Waals surface area contributed by atoms with Crippen LogP contribution in [0, 0.1) is 34.5 Å². The van der Waals surface area contributed by atoms with Crippen LogP contribution in [0.5, 0.6) is 0 Å². The first-order valence-electron chi connectivity index (χ1n) is 14.2. The minimum Gasteiger partial charge on any atom is -0.393 e. The predicted octanol–water partition coefficient (Wildman–Crippen LogP) is 5.95. The predicted molar refractivity (Wildman–Crippen MR) is 149 cm³/mol. The number of aliphatic hydroxyl groups excluding tert-OH is 2. The average molecular weight is 525 g/mol. The Morgan fingerprint density at radius 1 is 1.16 bits per heavy atom.